The maximum absolute atomic E-state index is 4.60. The summed E-state index contributed by atoms with van der Waals surface area (Å²) in [5, 5.41) is 6.78. The number of imidazole rings is 1. The van der Waals surface area contributed by atoms with Gasteiger partial charge in [-0.25, -0.2) is 4.98 Å². The van der Waals surface area contributed by atoms with Crippen molar-refractivity contribution in [3.8, 4) is 0 Å². The molecule has 0 atom stereocenters. The van der Waals surface area contributed by atoms with Gasteiger partial charge in [-0.3, -0.25) is 4.99 Å². The van der Waals surface area contributed by atoms with Crippen LogP contribution in [-0.2, 0) is 6.42 Å². The van der Waals surface area contributed by atoms with Crippen LogP contribution < -0.4 is 10.6 Å². The first-order chi connectivity index (χ1) is 11.3. The highest BCUT2D eigenvalue weighted by atomic mass is 15.2. The van der Waals surface area contributed by atoms with Gasteiger partial charge >= 0.3 is 0 Å². The second-order valence-electron chi connectivity index (χ2n) is 5.87. The van der Waals surface area contributed by atoms with E-state index in [4.69, 9.17) is 0 Å². The van der Waals surface area contributed by atoms with E-state index < -0.39 is 0 Å². The molecule has 126 valence electrons. The quantitative estimate of drug-likeness (QED) is 0.398. The lowest BCUT2D eigenvalue weighted by Crippen LogP contribution is -2.40. The molecule has 2 rings (SSSR count). The fourth-order valence-corrected chi connectivity index (χ4v) is 2.63. The summed E-state index contributed by atoms with van der Waals surface area (Å²) in [6.07, 6.45) is 4.36. The molecule has 5 nitrogen and oxygen atoms in total. The zero-order chi connectivity index (χ0) is 16.5. The zero-order valence-electron chi connectivity index (χ0n) is 14.5. The summed E-state index contributed by atoms with van der Waals surface area (Å²) in [4.78, 5) is 12.2. The molecule has 0 spiro atoms. The number of nitrogens with zero attached hydrogens (tertiary/aromatic N) is 2. The molecule has 0 aliphatic carbocycles. The van der Waals surface area contributed by atoms with Crippen LogP contribution in [0.2, 0.25) is 0 Å². The first-order valence-electron chi connectivity index (χ1n) is 8.65. The van der Waals surface area contributed by atoms with Gasteiger partial charge in [0.15, 0.2) is 5.96 Å². The second kappa shape index (κ2) is 9.18. The van der Waals surface area contributed by atoms with Crippen molar-refractivity contribution < 1.29 is 0 Å². The molecule has 0 amide bonds. The Labute approximate surface area is 139 Å². The molecule has 0 unspecified atom stereocenters. The molecule has 0 saturated carbocycles. The highest BCUT2D eigenvalue weighted by Crippen LogP contribution is 2.11. The number of fused-ring (bicyclic) bond motifs is 1. The molecular weight excluding hydrogens is 286 g/mol. The van der Waals surface area contributed by atoms with E-state index in [1.807, 2.05) is 25.2 Å². The average Bonchev–Trinajstić information content (AvgIpc) is 3.00. The summed E-state index contributed by atoms with van der Waals surface area (Å²) >= 11 is 0. The van der Waals surface area contributed by atoms with E-state index in [-0.39, 0.29) is 0 Å². The van der Waals surface area contributed by atoms with Crippen LogP contribution in [0.25, 0.3) is 11.0 Å². The highest BCUT2D eigenvalue weighted by Gasteiger charge is 2.05. The van der Waals surface area contributed by atoms with Crippen molar-refractivity contribution in [1.82, 2.24) is 20.6 Å². The van der Waals surface area contributed by atoms with Crippen molar-refractivity contribution in [2.75, 3.05) is 20.1 Å². The van der Waals surface area contributed by atoms with E-state index in [1.165, 1.54) is 12.8 Å². The summed E-state index contributed by atoms with van der Waals surface area (Å²) < 4.78 is 0. The number of H-pyrrole nitrogens is 1. The van der Waals surface area contributed by atoms with Gasteiger partial charge in [0.05, 0.1) is 11.0 Å². The molecule has 0 saturated heterocycles. The summed E-state index contributed by atoms with van der Waals surface area (Å²) in [6.45, 7) is 6.34. The van der Waals surface area contributed by atoms with Crippen LogP contribution in [-0.4, -0.2) is 36.1 Å². The van der Waals surface area contributed by atoms with Crippen molar-refractivity contribution in [1.29, 1.82) is 0 Å². The van der Waals surface area contributed by atoms with Gasteiger partial charge in [0.2, 0.25) is 0 Å². The van der Waals surface area contributed by atoms with Gasteiger partial charge in [-0.05, 0) is 24.5 Å². The summed E-state index contributed by atoms with van der Waals surface area (Å²) in [7, 11) is 1.82. The third-order valence-corrected chi connectivity index (χ3v) is 4.26. The van der Waals surface area contributed by atoms with Crippen LogP contribution in [0.3, 0.4) is 0 Å². The monoisotopic (exact) mass is 315 g/mol. The van der Waals surface area contributed by atoms with E-state index in [9.17, 15) is 0 Å². The maximum Gasteiger partial charge on any atom is 0.190 e. The lowest BCUT2D eigenvalue weighted by atomic mass is 10.0. The molecule has 0 bridgehead atoms. The predicted octanol–water partition coefficient (Wildman–Crippen LogP) is 3.10. The van der Waals surface area contributed by atoms with Crippen LogP contribution in [0.5, 0.6) is 0 Å². The number of guanidine groups is 1. The smallest absolute Gasteiger partial charge is 0.190 e. The first-order valence-corrected chi connectivity index (χ1v) is 8.65. The number of hydrogen-bond donors (Lipinski definition) is 3. The van der Waals surface area contributed by atoms with Crippen molar-refractivity contribution in [3.63, 3.8) is 0 Å². The minimum atomic E-state index is 0.712. The molecule has 5 heteroatoms. The number of rotatable bonds is 8. The number of aryl methyl sites for hydroxylation is 1. The van der Waals surface area contributed by atoms with Crippen LogP contribution in [0.4, 0.5) is 0 Å². The number of aromatic nitrogens is 2. The Bertz CT molecular complexity index is 580. The van der Waals surface area contributed by atoms with E-state index in [0.29, 0.717) is 5.92 Å². The molecule has 2 aromatic rings. The van der Waals surface area contributed by atoms with Crippen molar-refractivity contribution in [2.24, 2.45) is 10.9 Å². The third kappa shape index (κ3) is 5.27. The van der Waals surface area contributed by atoms with Crippen LogP contribution in [0, 0.1) is 5.92 Å². The van der Waals surface area contributed by atoms with E-state index in [2.05, 4.69) is 45.5 Å². The van der Waals surface area contributed by atoms with Crippen molar-refractivity contribution >= 4 is 17.0 Å². The molecule has 23 heavy (non-hydrogen) atoms. The van der Waals surface area contributed by atoms with E-state index in [0.717, 1.165) is 48.7 Å². The Hall–Kier alpha value is -2.04. The maximum atomic E-state index is 4.60. The molecule has 1 aromatic carbocycles. The van der Waals surface area contributed by atoms with Gasteiger partial charge in [0.25, 0.3) is 0 Å². The van der Waals surface area contributed by atoms with Crippen molar-refractivity contribution in [2.45, 2.75) is 39.5 Å². The zero-order valence-corrected chi connectivity index (χ0v) is 14.5. The number of benzene rings is 1. The minimum Gasteiger partial charge on any atom is -0.356 e. The molecular formula is C18H29N5. The molecule has 1 aromatic heterocycles. The standard InChI is InChI=1S/C18H29N5/c1-4-14(5-2)13-21-18(19-3)20-12-8-11-17-22-15-9-6-7-10-16(15)23-17/h6-7,9-10,14H,4-5,8,11-13H2,1-3H3,(H,22,23)(H2,19,20,21). The average molecular weight is 315 g/mol. The van der Waals surface area contributed by atoms with Crippen LogP contribution in [0.15, 0.2) is 29.3 Å². The summed E-state index contributed by atoms with van der Waals surface area (Å²) in [6, 6.07) is 8.15. The first kappa shape index (κ1) is 17.3. The molecule has 0 aliphatic heterocycles. The Morgan fingerprint density at radius 1 is 1.22 bits per heavy atom. The highest BCUT2D eigenvalue weighted by molar-refractivity contribution is 5.79. The fraction of sp³-hybridized carbons (Fsp3) is 0.556. The number of hydrogen-bond acceptors (Lipinski definition) is 2. The Balaban J connectivity index is 1.71. The molecule has 0 fully saturated rings. The minimum absolute atomic E-state index is 0.712. The summed E-state index contributed by atoms with van der Waals surface area (Å²) in [5.41, 5.74) is 2.15. The number of aromatic amines is 1. The number of para-hydroxylation sites is 2. The normalized spacial score (nSPS) is 12.1. The lowest BCUT2D eigenvalue weighted by Gasteiger charge is -2.16. The van der Waals surface area contributed by atoms with Crippen LogP contribution in [0.1, 0.15) is 38.9 Å². The van der Waals surface area contributed by atoms with Gasteiger partial charge in [-0.15, -0.1) is 0 Å². The molecule has 3 N–H and O–H groups in total. The lowest BCUT2D eigenvalue weighted by molar-refractivity contribution is 0.481. The third-order valence-electron chi connectivity index (χ3n) is 4.26. The molecule has 0 radical (unpaired) electrons. The second-order valence-corrected chi connectivity index (χ2v) is 5.87. The molecule has 1 heterocycles. The van der Waals surface area contributed by atoms with Crippen molar-refractivity contribution in [3.05, 3.63) is 30.1 Å². The predicted molar refractivity (Wildman–Crippen MR) is 97.9 cm³/mol. The number of nitrogens with one attached hydrogen (secondary N) is 3. The van der Waals surface area contributed by atoms with Crippen LogP contribution >= 0.6 is 0 Å². The largest absolute Gasteiger partial charge is 0.356 e. The Kier molecular flexibility index (Phi) is 6.91. The van der Waals surface area contributed by atoms with Gasteiger partial charge in [0, 0.05) is 26.6 Å². The fourth-order valence-electron chi connectivity index (χ4n) is 2.63. The van der Waals surface area contributed by atoms with Gasteiger partial charge < -0.3 is 15.6 Å². The van der Waals surface area contributed by atoms with Gasteiger partial charge in [-0.2, -0.15) is 0 Å². The van der Waals surface area contributed by atoms with E-state index >= 15 is 0 Å². The summed E-state index contributed by atoms with van der Waals surface area (Å²) in [5.74, 6) is 2.65. The topological polar surface area (TPSA) is 65.1 Å². The Morgan fingerprint density at radius 3 is 2.70 bits per heavy atom. The number of aliphatic imine (C=N–C) groups is 1. The molecule has 0 aliphatic rings. The van der Waals surface area contributed by atoms with Gasteiger partial charge in [0.1, 0.15) is 5.82 Å². The Morgan fingerprint density at radius 2 is 2.00 bits per heavy atom. The SMILES string of the molecule is CCC(CC)CNC(=NC)NCCCc1nc2ccccc2[nH]1. The van der Waals surface area contributed by atoms with E-state index in [1.54, 1.807) is 0 Å². The van der Waals surface area contributed by atoms with Gasteiger partial charge in [-0.1, -0.05) is 38.8 Å².